The minimum Gasteiger partial charge on any atom is -0.323 e. The van der Waals surface area contributed by atoms with Crippen LogP contribution in [0.3, 0.4) is 0 Å². The number of piperidine rings is 1. The van der Waals surface area contributed by atoms with Crippen LogP contribution in [0, 0.1) is 0 Å². The van der Waals surface area contributed by atoms with Gasteiger partial charge in [-0.25, -0.2) is 0 Å². The van der Waals surface area contributed by atoms with E-state index in [0.29, 0.717) is 0 Å². The first-order chi connectivity index (χ1) is 15.9. The van der Waals surface area contributed by atoms with Crippen molar-refractivity contribution >= 4 is 0 Å². The summed E-state index contributed by atoms with van der Waals surface area (Å²) >= 11 is 0. The predicted molar refractivity (Wildman–Crippen MR) is 157 cm³/mol. The highest BCUT2D eigenvalue weighted by atomic mass is 15.2. The first-order valence-electron chi connectivity index (χ1n) is 13.8. The van der Waals surface area contributed by atoms with E-state index in [9.17, 15) is 0 Å². The second-order valence-corrected chi connectivity index (χ2v) is 7.98. The second kappa shape index (κ2) is 42.0. The van der Waals surface area contributed by atoms with Crippen molar-refractivity contribution in [2.24, 2.45) is 0 Å². The van der Waals surface area contributed by atoms with Crippen molar-refractivity contribution in [1.82, 2.24) is 30.2 Å². The van der Waals surface area contributed by atoms with Gasteiger partial charge in [0.2, 0.25) is 0 Å². The van der Waals surface area contributed by atoms with Gasteiger partial charge in [-0.2, -0.15) is 0 Å². The van der Waals surface area contributed by atoms with Crippen LogP contribution in [0.2, 0.25) is 0 Å². The molecule has 6 nitrogen and oxygen atoms in total. The van der Waals surface area contributed by atoms with Crippen LogP contribution in [0.15, 0.2) is 0 Å². The lowest BCUT2D eigenvalue weighted by atomic mass is 10.1. The molecule has 2 N–H and O–H groups in total. The fourth-order valence-corrected chi connectivity index (χ4v) is 2.83. The highest BCUT2D eigenvalue weighted by Crippen LogP contribution is 2.04. The SMILES string of the molecule is CC.CC.CC.CN1CCCC1.CN1CCCCC1.CN1CCN(C)CC1.CNC.CNC. The number of hydrogen-bond donors (Lipinski definition) is 2. The highest BCUT2D eigenvalue weighted by Gasteiger charge is 2.07. The minimum absolute atomic E-state index is 1.23. The first kappa shape index (κ1) is 42.9. The molecule has 208 valence electrons. The number of piperazine rings is 1. The standard InChI is InChI=1S/C6H14N2.C6H13N.C5H11N.2C2H7N.3C2H6/c1-7-3-5-8(2)6-4-7;1-7-5-3-2-4-6-7;1-6-4-2-3-5-6;2*1-3-2;3*1-2/h3-6H2,1-2H3;2-6H2,1H3;2-5H2,1H3;2*3H,1-2H3;3*1-2H3. The quantitative estimate of drug-likeness (QED) is 0.536. The molecule has 0 atom stereocenters. The van der Waals surface area contributed by atoms with Crippen LogP contribution < -0.4 is 10.6 Å². The lowest BCUT2D eigenvalue weighted by molar-refractivity contribution is 0.181. The maximum Gasteiger partial charge on any atom is 0.0107 e. The lowest BCUT2D eigenvalue weighted by Gasteiger charge is -2.28. The molecule has 3 fully saturated rings. The molecule has 0 bridgehead atoms. The summed E-state index contributed by atoms with van der Waals surface area (Å²) in [5, 5.41) is 5.50. The van der Waals surface area contributed by atoms with E-state index >= 15 is 0 Å². The molecule has 0 aliphatic carbocycles. The highest BCUT2D eigenvalue weighted by molar-refractivity contribution is 4.64. The van der Waals surface area contributed by atoms with Crippen molar-refractivity contribution in [3.05, 3.63) is 0 Å². The first-order valence-corrected chi connectivity index (χ1v) is 13.8. The molecule has 0 saturated carbocycles. The average Bonchev–Trinajstić information content (AvgIpc) is 3.33. The van der Waals surface area contributed by atoms with Crippen LogP contribution in [0.4, 0.5) is 0 Å². The zero-order chi connectivity index (χ0) is 26.9. The normalized spacial score (nSPS) is 18.0. The second-order valence-electron chi connectivity index (χ2n) is 7.98. The zero-order valence-corrected chi connectivity index (χ0v) is 26.0. The third-order valence-corrected chi connectivity index (χ3v) is 4.64. The van der Waals surface area contributed by atoms with E-state index in [-0.39, 0.29) is 0 Å². The fourth-order valence-electron chi connectivity index (χ4n) is 2.83. The van der Waals surface area contributed by atoms with Gasteiger partial charge in [0.1, 0.15) is 0 Å². The van der Waals surface area contributed by atoms with E-state index < -0.39 is 0 Å². The van der Waals surface area contributed by atoms with E-state index in [0.717, 1.165) is 0 Å². The van der Waals surface area contributed by atoms with Gasteiger partial charge >= 0.3 is 0 Å². The Balaban J connectivity index is -0.0000000972. The summed E-state index contributed by atoms with van der Waals surface area (Å²) in [7, 11) is 16.2. The Morgan fingerprint density at radius 3 is 0.606 bits per heavy atom. The molecule has 0 spiro atoms. The monoisotopic (exact) mass is 479 g/mol. The summed E-state index contributed by atoms with van der Waals surface area (Å²) in [5.41, 5.74) is 0. The maximum atomic E-state index is 2.75. The van der Waals surface area contributed by atoms with E-state index in [4.69, 9.17) is 0 Å². The van der Waals surface area contributed by atoms with E-state index in [1.54, 1.807) is 0 Å². The molecule has 0 aromatic carbocycles. The number of likely N-dealkylation sites (N-methyl/N-ethyl adjacent to an activating group) is 2. The molecular weight excluding hydrogens is 408 g/mol. The molecule has 33 heavy (non-hydrogen) atoms. The zero-order valence-electron chi connectivity index (χ0n) is 26.0. The van der Waals surface area contributed by atoms with Gasteiger partial charge in [0, 0.05) is 26.2 Å². The molecule has 3 rings (SSSR count). The number of likely N-dealkylation sites (tertiary alicyclic amines) is 2. The average molecular weight is 479 g/mol. The van der Waals surface area contributed by atoms with Crippen LogP contribution in [-0.4, -0.2) is 128 Å². The van der Waals surface area contributed by atoms with Crippen molar-refractivity contribution in [2.45, 2.75) is 73.6 Å². The molecule has 0 unspecified atom stereocenters. The molecule has 0 aromatic heterocycles. The number of hydrogen-bond acceptors (Lipinski definition) is 6. The van der Waals surface area contributed by atoms with Crippen LogP contribution in [0.5, 0.6) is 0 Å². The number of nitrogens with zero attached hydrogens (tertiary/aromatic N) is 4. The molecular formula is C27H70N6. The van der Waals surface area contributed by atoms with Crippen molar-refractivity contribution in [3.8, 4) is 0 Å². The molecule has 3 aliphatic heterocycles. The van der Waals surface area contributed by atoms with Crippen molar-refractivity contribution < 1.29 is 0 Å². The fraction of sp³-hybridized carbons (Fsp3) is 1.00. The van der Waals surface area contributed by atoms with Gasteiger partial charge in [0.25, 0.3) is 0 Å². The van der Waals surface area contributed by atoms with Crippen molar-refractivity contribution in [1.29, 1.82) is 0 Å². The summed E-state index contributed by atoms with van der Waals surface area (Å²) < 4.78 is 0. The van der Waals surface area contributed by atoms with E-state index in [1.165, 1.54) is 84.5 Å². The predicted octanol–water partition coefficient (Wildman–Crippen LogP) is 4.43. The van der Waals surface area contributed by atoms with Gasteiger partial charge < -0.3 is 30.2 Å². The van der Waals surface area contributed by atoms with Crippen LogP contribution >= 0.6 is 0 Å². The van der Waals surface area contributed by atoms with E-state index in [1.807, 2.05) is 69.7 Å². The smallest absolute Gasteiger partial charge is 0.0107 e. The Morgan fingerprint density at radius 2 is 0.485 bits per heavy atom. The van der Waals surface area contributed by atoms with Gasteiger partial charge in [-0.3, -0.25) is 0 Å². The van der Waals surface area contributed by atoms with Gasteiger partial charge in [0.05, 0.1) is 0 Å². The van der Waals surface area contributed by atoms with Crippen molar-refractivity contribution in [3.63, 3.8) is 0 Å². The molecule has 3 heterocycles. The number of nitrogens with one attached hydrogen (secondary N) is 2. The Kier molecular flexibility index (Phi) is 54.5. The van der Waals surface area contributed by atoms with Crippen LogP contribution in [0.1, 0.15) is 73.6 Å². The molecule has 3 saturated heterocycles. The third kappa shape index (κ3) is 45.9. The minimum atomic E-state index is 1.23. The summed E-state index contributed by atoms with van der Waals surface area (Å²) in [5.74, 6) is 0. The van der Waals surface area contributed by atoms with Crippen molar-refractivity contribution in [2.75, 3.05) is 109 Å². The summed E-state index contributed by atoms with van der Waals surface area (Å²) in [6.45, 7) is 22.2. The Hall–Kier alpha value is -0.240. The molecule has 6 heteroatoms. The molecule has 0 amide bonds. The van der Waals surface area contributed by atoms with Gasteiger partial charge in [0.15, 0.2) is 0 Å². The summed E-state index contributed by atoms with van der Waals surface area (Å²) in [4.78, 5) is 9.48. The molecule has 0 radical (unpaired) electrons. The molecule has 3 aliphatic rings. The van der Waals surface area contributed by atoms with Crippen LogP contribution in [0.25, 0.3) is 0 Å². The third-order valence-electron chi connectivity index (χ3n) is 4.64. The van der Waals surface area contributed by atoms with Gasteiger partial charge in [-0.15, -0.1) is 0 Å². The summed E-state index contributed by atoms with van der Waals surface area (Å²) in [6, 6.07) is 0. The van der Waals surface area contributed by atoms with Crippen LogP contribution in [-0.2, 0) is 0 Å². The summed E-state index contributed by atoms with van der Waals surface area (Å²) in [6.07, 6.45) is 7.10. The Bertz CT molecular complexity index is 247. The Morgan fingerprint density at radius 1 is 0.333 bits per heavy atom. The Labute approximate surface area is 212 Å². The largest absolute Gasteiger partial charge is 0.323 e. The van der Waals surface area contributed by atoms with E-state index in [2.05, 4.69) is 58.4 Å². The lowest BCUT2D eigenvalue weighted by Crippen LogP contribution is -2.42. The maximum absolute atomic E-state index is 2.75. The van der Waals surface area contributed by atoms with Gasteiger partial charge in [-0.05, 0) is 108 Å². The molecule has 0 aromatic rings. The van der Waals surface area contributed by atoms with Gasteiger partial charge in [-0.1, -0.05) is 48.0 Å². The number of rotatable bonds is 0. The topological polar surface area (TPSA) is 37.0 Å².